The predicted molar refractivity (Wildman–Crippen MR) is 94.1 cm³/mol. The molecule has 0 amide bonds. The monoisotopic (exact) mass is 367 g/mol. The Kier molecular flexibility index (Phi) is 6.78. The van der Waals surface area contributed by atoms with Crippen molar-refractivity contribution in [2.75, 3.05) is 19.8 Å². The van der Waals surface area contributed by atoms with Crippen molar-refractivity contribution >= 4 is 10.0 Å². The summed E-state index contributed by atoms with van der Waals surface area (Å²) < 4.78 is 50.8. The highest BCUT2D eigenvalue weighted by atomic mass is 32.2. The average Bonchev–Trinajstić information content (AvgIpc) is 2.58. The van der Waals surface area contributed by atoms with Crippen LogP contribution >= 0.6 is 0 Å². The van der Waals surface area contributed by atoms with E-state index >= 15 is 0 Å². The van der Waals surface area contributed by atoms with Crippen molar-refractivity contribution in [2.24, 2.45) is 0 Å². The van der Waals surface area contributed by atoms with Gasteiger partial charge in [-0.3, -0.25) is 0 Å². The normalized spacial score (nSPS) is 11.3. The second-order valence-electron chi connectivity index (χ2n) is 5.25. The van der Waals surface area contributed by atoms with E-state index in [4.69, 9.17) is 9.47 Å². The topological polar surface area (TPSA) is 64.6 Å². The van der Waals surface area contributed by atoms with Crippen LogP contribution in [0, 0.1) is 5.82 Å². The van der Waals surface area contributed by atoms with Crippen LogP contribution in [0.15, 0.2) is 47.4 Å². The van der Waals surface area contributed by atoms with Crippen LogP contribution in [0.5, 0.6) is 11.5 Å². The number of rotatable bonds is 9. The summed E-state index contributed by atoms with van der Waals surface area (Å²) in [5.41, 5.74) is 0.925. The standard InChI is InChI=1S/C18H22FNO4S/c1-3-23-17-10-5-14(13-18(17)24-4-2)11-12-20-25(21,22)16-8-6-15(19)7-9-16/h5-10,13,20H,3-4,11-12H2,1-2H3. The van der Waals surface area contributed by atoms with Crippen LogP contribution in [-0.2, 0) is 16.4 Å². The summed E-state index contributed by atoms with van der Waals surface area (Å²) in [6.45, 7) is 5.06. The van der Waals surface area contributed by atoms with E-state index in [-0.39, 0.29) is 11.4 Å². The van der Waals surface area contributed by atoms with Crippen LogP contribution in [0.1, 0.15) is 19.4 Å². The molecule has 136 valence electrons. The third kappa shape index (κ3) is 5.44. The number of hydrogen-bond acceptors (Lipinski definition) is 4. The van der Waals surface area contributed by atoms with E-state index in [1.54, 1.807) is 0 Å². The van der Waals surface area contributed by atoms with E-state index in [0.29, 0.717) is 31.1 Å². The smallest absolute Gasteiger partial charge is 0.240 e. The van der Waals surface area contributed by atoms with E-state index in [1.165, 1.54) is 12.1 Å². The summed E-state index contributed by atoms with van der Waals surface area (Å²) in [6, 6.07) is 10.3. The Hall–Kier alpha value is -2.12. The molecular formula is C18H22FNO4S. The molecule has 0 aliphatic rings. The van der Waals surface area contributed by atoms with E-state index in [2.05, 4.69) is 4.72 Å². The maximum absolute atomic E-state index is 12.9. The zero-order valence-electron chi connectivity index (χ0n) is 14.3. The molecule has 0 saturated carbocycles. The van der Waals surface area contributed by atoms with Gasteiger partial charge in [-0.05, 0) is 62.2 Å². The van der Waals surface area contributed by atoms with Crippen molar-refractivity contribution in [3.63, 3.8) is 0 Å². The molecule has 2 aromatic rings. The fourth-order valence-electron chi connectivity index (χ4n) is 2.28. The molecule has 0 atom stereocenters. The molecule has 0 fully saturated rings. The summed E-state index contributed by atoms with van der Waals surface area (Å²) in [7, 11) is -3.66. The largest absolute Gasteiger partial charge is 0.490 e. The summed E-state index contributed by atoms with van der Waals surface area (Å²) in [6.07, 6.45) is 0.493. The van der Waals surface area contributed by atoms with Gasteiger partial charge in [-0.2, -0.15) is 0 Å². The predicted octanol–water partition coefficient (Wildman–Crippen LogP) is 3.14. The van der Waals surface area contributed by atoms with Crippen molar-refractivity contribution in [1.29, 1.82) is 0 Å². The van der Waals surface area contributed by atoms with Crippen LogP contribution in [0.2, 0.25) is 0 Å². The van der Waals surface area contributed by atoms with E-state index in [1.807, 2.05) is 32.0 Å². The molecule has 7 heteroatoms. The Bertz CT molecular complexity index is 791. The van der Waals surface area contributed by atoms with Gasteiger partial charge in [-0.15, -0.1) is 0 Å². The van der Waals surface area contributed by atoms with Crippen molar-refractivity contribution in [3.05, 3.63) is 53.8 Å². The molecule has 0 unspecified atom stereocenters. The summed E-state index contributed by atoms with van der Waals surface area (Å²) in [4.78, 5) is 0.0376. The second-order valence-corrected chi connectivity index (χ2v) is 7.02. The lowest BCUT2D eigenvalue weighted by Gasteiger charge is -2.12. The lowest BCUT2D eigenvalue weighted by Crippen LogP contribution is -2.26. The minimum Gasteiger partial charge on any atom is -0.490 e. The van der Waals surface area contributed by atoms with Gasteiger partial charge in [0.15, 0.2) is 11.5 Å². The van der Waals surface area contributed by atoms with Crippen LogP contribution in [0.4, 0.5) is 4.39 Å². The quantitative estimate of drug-likeness (QED) is 0.739. The third-order valence-corrected chi connectivity index (χ3v) is 4.91. The Balaban J connectivity index is 2.01. The SMILES string of the molecule is CCOc1ccc(CCNS(=O)(=O)c2ccc(F)cc2)cc1OCC. The first-order valence-corrected chi connectivity index (χ1v) is 9.58. The van der Waals surface area contributed by atoms with Gasteiger partial charge in [0.25, 0.3) is 0 Å². The molecule has 0 aliphatic heterocycles. The van der Waals surface area contributed by atoms with Crippen LogP contribution in [0.3, 0.4) is 0 Å². The first-order chi connectivity index (χ1) is 12.0. The average molecular weight is 367 g/mol. The van der Waals surface area contributed by atoms with Gasteiger partial charge in [0, 0.05) is 6.54 Å². The second kappa shape index (κ2) is 8.82. The highest BCUT2D eigenvalue weighted by Gasteiger charge is 2.13. The molecule has 25 heavy (non-hydrogen) atoms. The lowest BCUT2D eigenvalue weighted by molar-refractivity contribution is 0.287. The molecule has 0 aromatic heterocycles. The van der Waals surface area contributed by atoms with Gasteiger partial charge in [0.1, 0.15) is 5.82 Å². The minimum absolute atomic E-state index is 0.0376. The van der Waals surface area contributed by atoms with Gasteiger partial charge in [0.05, 0.1) is 18.1 Å². The molecular weight excluding hydrogens is 345 g/mol. The van der Waals surface area contributed by atoms with E-state index < -0.39 is 15.8 Å². The number of hydrogen-bond donors (Lipinski definition) is 1. The summed E-state index contributed by atoms with van der Waals surface area (Å²) in [5.74, 6) is 0.833. The number of ether oxygens (including phenoxy) is 2. The van der Waals surface area contributed by atoms with Crippen LogP contribution in [-0.4, -0.2) is 28.2 Å². The fourth-order valence-corrected chi connectivity index (χ4v) is 3.31. The Morgan fingerprint density at radius 2 is 1.60 bits per heavy atom. The molecule has 2 rings (SSSR count). The number of nitrogens with one attached hydrogen (secondary N) is 1. The lowest BCUT2D eigenvalue weighted by atomic mass is 10.1. The number of halogens is 1. The van der Waals surface area contributed by atoms with Crippen molar-refractivity contribution in [2.45, 2.75) is 25.2 Å². The van der Waals surface area contributed by atoms with Gasteiger partial charge in [0.2, 0.25) is 10.0 Å². The Morgan fingerprint density at radius 3 is 2.24 bits per heavy atom. The van der Waals surface area contributed by atoms with E-state index in [9.17, 15) is 12.8 Å². The molecule has 0 bridgehead atoms. The van der Waals surface area contributed by atoms with Crippen LogP contribution in [0.25, 0.3) is 0 Å². The van der Waals surface area contributed by atoms with E-state index in [0.717, 1.165) is 17.7 Å². The molecule has 0 heterocycles. The first-order valence-electron chi connectivity index (χ1n) is 8.10. The first kappa shape index (κ1) is 19.2. The number of sulfonamides is 1. The summed E-state index contributed by atoms with van der Waals surface area (Å²) in [5, 5.41) is 0. The molecule has 0 radical (unpaired) electrons. The Labute approximate surface area is 147 Å². The maximum atomic E-state index is 12.9. The highest BCUT2D eigenvalue weighted by Crippen LogP contribution is 2.28. The number of benzene rings is 2. The molecule has 0 saturated heterocycles. The Morgan fingerprint density at radius 1 is 0.960 bits per heavy atom. The van der Waals surface area contributed by atoms with Gasteiger partial charge < -0.3 is 9.47 Å². The van der Waals surface area contributed by atoms with Crippen molar-refractivity contribution in [3.8, 4) is 11.5 Å². The third-order valence-electron chi connectivity index (χ3n) is 3.44. The molecule has 0 aliphatic carbocycles. The van der Waals surface area contributed by atoms with Gasteiger partial charge >= 0.3 is 0 Å². The molecule has 0 spiro atoms. The van der Waals surface area contributed by atoms with Crippen molar-refractivity contribution < 1.29 is 22.3 Å². The fraction of sp³-hybridized carbons (Fsp3) is 0.333. The maximum Gasteiger partial charge on any atom is 0.240 e. The minimum atomic E-state index is -3.66. The molecule has 5 nitrogen and oxygen atoms in total. The van der Waals surface area contributed by atoms with Crippen LogP contribution < -0.4 is 14.2 Å². The van der Waals surface area contributed by atoms with Gasteiger partial charge in [-0.25, -0.2) is 17.5 Å². The van der Waals surface area contributed by atoms with Gasteiger partial charge in [-0.1, -0.05) is 6.07 Å². The zero-order valence-corrected chi connectivity index (χ0v) is 15.1. The zero-order chi connectivity index (χ0) is 18.3. The summed E-state index contributed by atoms with van der Waals surface area (Å²) >= 11 is 0. The van der Waals surface area contributed by atoms with Crippen molar-refractivity contribution in [1.82, 2.24) is 4.72 Å². The molecule has 2 aromatic carbocycles. The molecule has 1 N–H and O–H groups in total. The highest BCUT2D eigenvalue weighted by molar-refractivity contribution is 7.89.